The van der Waals surface area contributed by atoms with Gasteiger partial charge in [-0.1, -0.05) is 18.2 Å². The zero-order valence-corrected chi connectivity index (χ0v) is 10.7. The molecule has 0 fully saturated rings. The van der Waals surface area contributed by atoms with E-state index in [2.05, 4.69) is 4.98 Å². The van der Waals surface area contributed by atoms with Crippen molar-refractivity contribution in [3.05, 3.63) is 66.2 Å². The fourth-order valence-corrected chi connectivity index (χ4v) is 2.35. The molecule has 0 aliphatic rings. The molecule has 3 rings (SSSR count). The Morgan fingerprint density at radius 3 is 2.84 bits per heavy atom. The molecule has 2 heterocycles. The first-order valence-corrected chi connectivity index (χ1v) is 6.24. The largest absolute Gasteiger partial charge is 0.472 e. The topological polar surface area (TPSA) is 46.3 Å². The summed E-state index contributed by atoms with van der Waals surface area (Å²) < 4.78 is 5.05. The minimum Gasteiger partial charge on any atom is -0.472 e. The molecule has 0 radical (unpaired) electrons. The molecule has 1 N–H and O–H groups in total. The Kier molecular flexibility index (Phi) is 2.84. The van der Waals surface area contributed by atoms with Crippen molar-refractivity contribution >= 4 is 10.9 Å². The molecular weight excluding hydrogens is 238 g/mol. The number of hydrogen-bond acceptors (Lipinski definition) is 3. The van der Waals surface area contributed by atoms with Crippen molar-refractivity contribution in [1.29, 1.82) is 0 Å². The van der Waals surface area contributed by atoms with Crippen molar-refractivity contribution < 1.29 is 9.52 Å². The van der Waals surface area contributed by atoms with E-state index in [1.807, 2.05) is 30.3 Å². The van der Waals surface area contributed by atoms with Crippen LogP contribution >= 0.6 is 0 Å². The maximum Gasteiger partial charge on any atom is 0.0963 e. The summed E-state index contributed by atoms with van der Waals surface area (Å²) in [5, 5.41) is 11.7. The molecule has 3 aromatic rings. The summed E-state index contributed by atoms with van der Waals surface area (Å²) in [6, 6.07) is 11.7. The molecule has 19 heavy (non-hydrogen) atoms. The summed E-state index contributed by atoms with van der Waals surface area (Å²) in [5.74, 6) is 0. The quantitative estimate of drug-likeness (QED) is 0.779. The van der Waals surface area contributed by atoms with Gasteiger partial charge >= 0.3 is 0 Å². The lowest BCUT2D eigenvalue weighted by Crippen LogP contribution is -2.23. The van der Waals surface area contributed by atoms with Gasteiger partial charge in [0.15, 0.2) is 0 Å². The molecule has 0 bridgehead atoms. The maximum atomic E-state index is 10.6. The molecule has 0 amide bonds. The third-order valence-corrected chi connectivity index (χ3v) is 3.42. The molecule has 0 saturated carbocycles. The van der Waals surface area contributed by atoms with E-state index in [9.17, 15) is 5.11 Å². The van der Waals surface area contributed by atoms with E-state index < -0.39 is 5.60 Å². The monoisotopic (exact) mass is 253 g/mol. The van der Waals surface area contributed by atoms with Crippen LogP contribution in [0.3, 0.4) is 0 Å². The molecule has 0 aliphatic heterocycles. The normalized spacial score (nSPS) is 14.4. The van der Waals surface area contributed by atoms with Crippen LogP contribution in [-0.4, -0.2) is 10.1 Å². The average Bonchev–Trinajstić information content (AvgIpc) is 2.93. The summed E-state index contributed by atoms with van der Waals surface area (Å²) >= 11 is 0. The van der Waals surface area contributed by atoms with E-state index in [0.717, 1.165) is 22.0 Å². The minimum atomic E-state index is -0.947. The van der Waals surface area contributed by atoms with Crippen LogP contribution < -0.4 is 0 Å². The molecule has 1 aromatic carbocycles. The number of benzene rings is 1. The number of pyridine rings is 1. The highest BCUT2D eigenvalue weighted by molar-refractivity contribution is 5.81. The number of para-hydroxylation sites is 1. The van der Waals surface area contributed by atoms with Crippen molar-refractivity contribution in [1.82, 2.24) is 4.98 Å². The van der Waals surface area contributed by atoms with Gasteiger partial charge in [-0.3, -0.25) is 4.98 Å². The molecule has 0 saturated heterocycles. The summed E-state index contributed by atoms with van der Waals surface area (Å²) in [6.45, 7) is 1.80. The van der Waals surface area contributed by atoms with Gasteiger partial charge in [0.1, 0.15) is 0 Å². The first-order valence-electron chi connectivity index (χ1n) is 6.24. The Morgan fingerprint density at radius 2 is 2.05 bits per heavy atom. The summed E-state index contributed by atoms with van der Waals surface area (Å²) in [4.78, 5) is 4.33. The van der Waals surface area contributed by atoms with Gasteiger partial charge in [-0.05, 0) is 30.7 Å². The second-order valence-electron chi connectivity index (χ2n) is 4.95. The van der Waals surface area contributed by atoms with Gasteiger partial charge in [0.2, 0.25) is 0 Å². The molecule has 3 nitrogen and oxygen atoms in total. The summed E-state index contributed by atoms with van der Waals surface area (Å²) in [6.07, 6.45) is 5.47. The number of furan rings is 1. The lowest BCUT2D eigenvalue weighted by molar-refractivity contribution is 0.0573. The third-order valence-electron chi connectivity index (χ3n) is 3.42. The Morgan fingerprint density at radius 1 is 1.21 bits per heavy atom. The Labute approximate surface area is 111 Å². The molecule has 96 valence electrons. The first-order chi connectivity index (χ1) is 9.17. The Hall–Kier alpha value is -2.13. The SMILES string of the molecule is CC(O)(Cc1ccnc2ccccc12)c1ccoc1. The highest BCUT2D eigenvalue weighted by atomic mass is 16.3. The number of rotatable bonds is 3. The predicted octanol–water partition coefficient (Wildman–Crippen LogP) is 3.28. The molecule has 3 heteroatoms. The highest BCUT2D eigenvalue weighted by Crippen LogP contribution is 2.28. The zero-order chi connectivity index (χ0) is 13.3. The zero-order valence-electron chi connectivity index (χ0n) is 10.7. The third kappa shape index (κ3) is 2.25. The van der Waals surface area contributed by atoms with Crippen LogP contribution in [0.4, 0.5) is 0 Å². The molecule has 0 aliphatic carbocycles. The highest BCUT2D eigenvalue weighted by Gasteiger charge is 2.25. The van der Waals surface area contributed by atoms with Crippen LogP contribution in [0.5, 0.6) is 0 Å². The van der Waals surface area contributed by atoms with E-state index >= 15 is 0 Å². The molecular formula is C16H15NO2. The maximum absolute atomic E-state index is 10.6. The first kappa shape index (κ1) is 11.9. The molecule has 1 atom stereocenters. The van der Waals surface area contributed by atoms with Gasteiger partial charge in [0.05, 0.1) is 23.6 Å². The van der Waals surface area contributed by atoms with Gasteiger partial charge in [-0.2, -0.15) is 0 Å². The number of fused-ring (bicyclic) bond motifs is 1. The Balaban J connectivity index is 2.02. The van der Waals surface area contributed by atoms with Gasteiger partial charge < -0.3 is 9.52 Å². The van der Waals surface area contributed by atoms with Gasteiger partial charge in [-0.15, -0.1) is 0 Å². The van der Waals surface area contributed by atoms with Gasteiger partial charge in [0, 0.05) is 23.6 Å². The number of nitrogens with zero attached hydrogens (tertiary/aromatic N) is 1. The van der Waals surface area contributed by atoms with Crippen molar-refractivity contribution in [3.63, 3.8) is 0 Å². The molecule has 1 unspecified atom stereocenters. The minimum absolute atomic E-state index is 0.523. The van der Waals surface area contributed by atoms with Crippen LogP contribution in [0, 0.1) is 0 Å². The van der Waals surface area contributed by atoms with Crippen molar-refractivity contribution in [2.45, 2.75) is 18.9 Å². The van der Waals surface area contributed by atoms with E-state index in [0.29, 0.717) is 6.42 Å². The number of hydrogen-bond donors (Lipinski definition) is 1. The van der Waals surface area contributed by atoms with Crippen LogP contribution in [0.1, 0.15) is 18.1 Å². The molecule has 0 spiro atoms. The number of aromatic nitrogens is 1. The van der Waals surface area contributed by atoms with Crippen LogP contribution in [-0.2, 0) is 12.0 Å². The smallest absolute Gasteiger partial charge is 0.0963 e. The van der Waals surface area contributed by atoms with Gasteiger partial charge in [0.25, 0.3) is 0 Å². The second kappa shape index (κ2) is 4.52. The van der Waals surface area contributed by atoms with Crippen molar-refractivity contribution in [2.24, 2.45) is 0 Å². The van der Waals surface area contributed by atoms with Crippen molar-refractivity contribution in [2.75, 3.05) is 0 Å². The van der Waals surface area contributed by atoms with E-state index in [1.54, 1.807) is 31.7 Å². The second-order valence-corrected chi connectivity index (χ2v) is 4.95. The van der Waals surface area contributed by atoms with Crippen molar-refractivity contribution in [3.8, 4) is 0 Å². The van der Waals surface area contributed by atoms with E-state index in [-0.39, 0.29) is 0 Å². The van der Waals surface area contributed by atoms with Crippen LogP contribution in [0.15, 0.2) is 59.5 Å². The van der Waals surface area contributed by atoms with E-state index in [4.69, 9.17) is 4.42 Å². The van der Waals surface area contributed by atoms with Crippen LogP contribution in [0.25, 0.3) is 10.9 Å². The Bertz CT molecular complexity index is 682. The predicted molar refractivity (Wildman–Crippen MR) is 73.7 cm³/mol. The lowest BCUT2D eigenvalue weighted by atomic mass is 9.89. The average molecular weight is 253 g/mol. The summed E-state index contributed by atoms with van der Waals surface area (Å²) in [7, 11) is 0. The lowest BCUT2D eigenvalue weighted by Gasteiger charge is -2.22. The number of aliphatic hydroxyl groups is 1. The summed E-state index contributed by atoms with van der Waals surface area (Å²) in [5.41, 5.74) is 1.87. The fourth-order valence-electron chi connectivity index (χ4n) is 2.35. The molecule has 2 aromatic heterocycles. The van der Waals surface area contributed by atoms with E-state index in [1.165, 1.54) is 0 Å². The standard InChI is InChI=1S/C16H15NO2/c1-16(18,13-7-9-19-11-13)10-12-6-8-17-15-5-3-2-4-14(12)15/h2-9,11,18H,10H2,1H3. The van der Waals surface area contributed by atoms with Crippen LogP contribution in [0.2, 0.25) is 0 Å². The fraction of sp³-hybridized carbons (Fsp3) is 0.188. The van der Waals surface area contributed by atoms with Gasteiger partial charge in [-0.25, -0.2) is 0 Å².